The summed E-state index contributed by atoms with van der Waals surface area (Å²) >= 11 is 5.80. The average Bonchev–Trinajstić information content (AvgIpc) is 2.99. The van der Waals surface area contributed by atoms with Gasteiger partial charge in [-0.2, -0.15) is 0 Å². The maximum atomic E-state index is 12.4. The lowest BCUT2D eigenvalue weighted by Crippen LogP contribution is -2.27. The molecule has 0 unspecified atom stereocenters. The third kappa shape index (κ3) is 4.39. The van der Waals surface area contributed by atoms with Crippen molar-refractivity contribution in [2.45, 2.75) is 30.8 Å². The van der Waals surface area contributed by atoms with Crippen molar-refractivity contribution in [3.8, 4) is 0 Å². The number of benzene rings is 2. The highest BCUT2D eigenvalue weighted by Crippen LogP contribution is 2.18. The van der Waals surface area contributed by atoms with Gasteiger partial charge in [-0.05, 0) is 41.8 Å². The van der Waals surface area contributed by atoms with Crippen LogP contribution < -0.4 is 4.72 Å². The minimum atomic E-state index is -3.62. The van der Waals surface area contributed by atoms with Gasteiger partial charge in [0.25, 0.3) is 0 Å². The van der Waals surface area contributed by atoms with Crippen LogP contribution in [0.2, 0.25) is 5.02 Å². The van der Waals surface area contributed by atoms with Crippen molar-refractivity contribution in [1.29, 1.82) is 0 Å². The van der Waals surface area contributed by atoms with Gasteiger partial charge in [-0.3, -0.25) is 4.79 Å². The van der Waals surface area contributed by atoms with E-state index in [1.807, 2.05) is 29.2 Å². The van der Waals surface area contributed by atoms with Crippen molar-refractivity contribution in [3.63, 3.8) is 0 Å². The molecule has 1 aliphatic rings. The topological polar surface area (TPSA) is 66.5 Å². The van der Waals surface area contributed by atoms with Crippen molar-refractivity contribution in [3.05, 3.63) is 64.7 Å². The molecule has 1 N–H and O–H groups in total. The standard InChI is InChI=1S/C18H19ClN2O3S/c19-16-7-9-17(10-8-16)25(23,24)20-12-14-4-1-2-5-15(14)13-21-11-3-6-18(21)22/h1-2,4-5,7-10,20H,3,6,11-13H2. The summed E-state index contributed by atoms with van der Waals surface area (Å²) in [6, 6.07) is 13.6. The number of nitrogens with one attached hydrogen (secondary N) is 1. The maximum absolute atomic E-state index is 12.4. The molecule has 2 aromatic carbocycles. The van der Waals surface area contributed by atoms with Gasteiger partial charge < -0.3 is 4.90 Å². The number of amides is 1. The molecule has 3 rings (SSSR count). The maximum Gasteiger partial charge on any atom is 0.240 e. The summed E-state index contributed by atoms with van der Waals surface area (Å²) in [5.41, 5.74) is 1.82. The Labute approximate surface area is 152 Å². The molecule has 1 aliphatic heterocycles. The predicted molar refractivity (Wildman–Crippen MR) is 96.6 cm³/mol. The van der Waals surface area contributed by atoms with Crippen LogP contribution in [0, 0.1) is 0 Å². The number of sulfonamides is 1. The fourth-order valence-corrected chi connectivity index (χ4v) is 3.96. The molecule has 132 valence electrons. The average molecular weight is 379 g/mol. The van der Waals surface area contributed by atoms with Gasteiger partial charge in [0, 0.05) is 31.1 Å². The molecule has 5 nitrogen and oxygen atoms in total. The third-order valence-corrected chi connectivity index (χ3v) is 5.90. The van der Waals surface area contributed by atoms with Gasteiger partial charge in [-0.15, -0.1) is 0 Å². The van der Waals surface area contributed by atoms with E-state index in [0.29, 0.717) is 18.0 Å². The molecular formula is C18H19ClN2O3S. The number of nitrogens with zero attached hydrogens (tertiary/aromatic N) is 1. The molecule has 0 bridgehead atoms. The fourth-order valence-electron chi connectivity index (χ4n) is 2.83. The highest BCUT2D eigenvalue weighted by molar-refractivity contribution is 7.89. The van der Waals surface area contributed by atoms with Crippen LogP contribution in [0.25, 0.3) is 0 Å². The number of hydrogen-bond donors (Lipinski definition) is 1. The van der Waals surface area contributed by atoms with Gasteiger partial charge >= 0.3 is 0 Å². The van der Waals surface area contributed by atoms with Crippen LogP contribution in [-0.4, -0.2) is 25.8 Å². The molecule has 0 spiro atoms. The number of rotatable bonds is 6. The molecule has 1 heterocycles. The van der Waals surface area contributed by atoms with Crippen LogP contribution in [0.15, 0.2) is 53.4 Å². The lowest BCUT2D eigenvalue weighted by atomic mass is 10.1. The number of likely N-dealkylation sites (tertiary alicyclic amines) is 1. The summed E-state index contributed by atoms with van der Waals surface area (Å²) in [6.45, 7) is 1.44. The molecule has 0 radical (unpaired) electrons. The first kappa shape index (κ1) is 17.9. The SMILES string of the molecule is O=C1CCCN1Cc1ccccc1CNS(=O)(=O)c1ccc(Cl)cc1. The van der Waals surface area contributed by atoms with E-state index in [0.717, 1.165) is 24.1 Å². The Morgan fingerprint density at radius 3 is 2.36 bits per heavy atom. The number of halogens is 1. The smallest absolute Gasteiger partial charge is 0.240 e. The first-order valence-corrected chi connectivity index (χ1v) is 9.91. The number of hydrogen-bond acceptors (Lipinski definition) is 3. The van der Waals surface area contributed by atoms with Crippen molar-refractivity contribution < 1.29 is 13.2 Å². The van der Waals surface area contributed by atoms with E-state index in [2.05, 4.69) is 4.72 Å². The minimum absolute atomic E-state index is 0.150. The highest BCUT2D eigenvalue weighted by atomic mass is 35.5. The van der Waals surface area contributed by atoms with E-state index in [9.17, 15) is 13.2 Å². The molecule has 0 atom stereocenters. The third-order valence-electron chi connectivity index (χ3n) is 4.23. The lowest BCUT2D eigenvalue weighted by molar-refractivity contribution is -0.128. The van der Waals surface area contributed by atoms with Gasteiger partial charge in [-0.25, -0.2) is 13.1 Å². The van der Waals surface area contributed by atoms with Gasteiger partial charge in [0.2, 0.25) is 15.9 Å². The summed E-state index contributed by atoms with van der Waals surface area (Å²) in [7, 11) is -3.62. The van der Waals surface area contributed by atoms with Crippen LogP contribution in [-0.2, 0) is 27.9 Å². The number of carbonyl (C=O) groups is 1. The summed E-state index contributed by atoms with van der Waals surface area (Å²) in [6.07, 6.45) is 1.47. The number of carbonyl (C=O) groups excluding carboxylic acids is 1. The Hall–Kier alpha value is -1.89. The van der Waals surface area contributed by atoms with Crippen LogP contribution >= 0.6 is 11.6 Å². The quantitative estimate of drug-likeness (QED) is 0.840. The van der Waals surface area contributed by atoms with Gasteiger partial charge in [-0.1, -0.05) is 35.9 Å². The highest BCUT2D eigenvalue weighted by Gasteiger charge is 2.21. The van der Waals surface area contributed by atoms with E-state index in [4.69, 9.17) is 11.6 Å². The molecule has 2 aromatic rings. The van der Waals surface area contributed by atoms with Gasteiger partial charge in [0.1, 0.15) is 0 Å². The minimum Gasteiger partial charge on any atom is -0.338 e. The molecule has 0 aromatic heterocycles. The van der Waals surface area contributed by atoms with Crippen LogP contribution in [0.5, 0.6) is 0 Å². The monoisotopic (exact) mass is 378 g/mol. The van der Waals surface area contributed by atoms with Crippen molar-refractivity contribution in [2.24, 2.45) is 0 Å². The van der Waals surface area contributed by atoms with Gasteiger partial charge in [0.15, 0.2) is 0 Å². The predicted octanol–water partition coefficient (Wildman–Crippen LogP) is 2.94. The van der Waals surface area contributed by atoms with Crippen molar-refractivity contribution in [2.75, 3.05) is 6.54 Å². The van der Waals surface area contributed by atoms with Crippen molar-refractivity contribution >= 4 is 27.5 Å². The van der Waals surface area contributed by atoms with Crippen LogP contribution in [0.3, 0.4) is 0 Å². The summed E-state index contributed by atoms with van der Waals surface area (Å²) in [4.78, 5) is 13.8. The van der Waals surface area contributed by atoms with E-state index in [1.165, 1.54) is 12.1 Å². The first-order chi connectivity index (χ1) is 12.0. The van der Waals surface area contributed by atoms with E-state index in [1.54, 1.807) is 12.1 Å². The molecule has 7 heteroatoms. The summed E-state index contributed by atoms with van der Waals surface area (Å²) < 4.78 is 27.4. The van der Waals surface area contributed by atoms with Crippen LogP contribution in [0.4, 0.5) is 0 Å². The largest absolute Gasteiger partial charge is 0.338 e. The summed E-state index contributed by atoms with van der Waals surface area (Å²) in [5, 5.41) is 0.486. The molecule has 0 aliphatic carbocycles. The van der Waals surface area contributed by atoms with Crippen molar-refractivity contribution in [1.82, 2.24) is 9.62 Å². The zero-order chi connectivity index (χ0) is 17.9. The first-order valence-electron chi connectivity index (χ1n) is 8.05. The fraction of sp³-hybridized carbons (Fsp3) is 0.278. The lowest BCUT2D eigenvalue weighted by Gasteiger charge is -2.18. The second-order valence-electron chi connectivity index (χ2n) is 5.97. The zero-order valence-electron chi connectivity index (χ0n) is 13.6. The molecule has 1 amide bonds. The second-order valence-corrected chi connectivity index (χ2v) is 8.17. The Balaban J connectivity index is 1.72. The molecule has 25 heavy (non-hydrogen) atoms. The van der Waals surface area contributed by atoms with E-state index in [-0.39, 0.29) is 17.3 Å². The molecule has 1 saturated heterocycles. The molecular weight excluding hydrogens is 360 g/mol. The van der Waals surface area contributed by atoms with E-state index < -0.39 is 10.0 Å². The molecule has 1 fully saturated rings. The second kappa shape index (κ2) is 7.56. The Morgan fingerprint density at radius 2 is 1.72 bits per heavy atom. The van der Waals surface area contributed by atoms with Crippen LogP contribution in [0.1, 0.15) is 24.0 Å². The Morgan fingerprint density at radius 1 is 1.04 bits per heavy atom. The Bertz CT molecular complexity index is 866. The molecule has 0 saturated carbocycles. The normalized spacial score (nSPS) is 14.9. The van der Waals surface area contributed by atoms with E-state index >= 15 is 0 Å². The Kier molecular flexibility index (Phi) is 5.42. The van der Waals surface area contributed by atoms with Gasteiger partial charge in [0.05, 0.1) is 4.90 Å². The summed E-state index contributed by atoms with van der Waals surface area (Å²) in [5.74, 6) is 0.150. The zero-order valence-corrected chi connectivity index (χ0v) is 15.2.